The Hall–Kier alpha value is -2.50. The van der Waals surface area contributed by atoms with Crippen LogP contribution in [0.4, 0.5) is 0 Å². The molecule has 0 saturated carbocycles. The van der Waals surface area contributed by atoms with Gasteiger partial charge >= 0.3 is 0 Å². The summed E-state index contributed by atoms with van der Waals surface area (Å²) in [6, 6.07) is 24.0. The number of hydrogen-bond donors (Lipinski definition) is 0. The van der Waals surface area contributed by atoms with Gasteiger partial charge in [0.05, 0.1) is 12.1 Å². The second kappa shape index (κ2) is 5.85. The van der Waals surface area contributed by atoms with Gasteiger partial charge in [0.15, 0.2) is 5.03 Å². The smallest absolute Gasteiger partial charge is 0.243 e. The predicted octanol–water partition coefficient (Wildman–Crippen LogP) is 3.57. The largest absolute Gasteiger partial charge is 0.261 e. The summed E-state index contributed by atoms with van der Waals surface area (Å²) in [6.45, 7) is 0. The molecule has 2 aromatic carbocycles. The maximum Gasteiger partial charge on any atom is 0.261 e. The van der Waals surface area contributed by atoms with Gasteiger partial charge in [0.2, 0.25) is 0 Å². The van der Waals surface area contributed by atoms with E-state index in [1.165, 1.54) is 12.3 Å². The number of nitrogens with zero attached hydrogens (tertiary/aromatic N) is 2. The van der Waals surface area contributed by atoms with Crippen molar-refractivity contribution in [3.63, 3.8) is 0 Å². The standard InChI is InChI=1S/C19H16N2O2S/c22-24(23,17-13-7-8-14-20-17)21-18(15-9-3-1-4-10-15)19(21)16-11-5-2-6-12-16/h1-14,18-19H/t18-,19+,21?. The minimum absolute atomic E-state index is 0.0874. The predicted molar refractivity (Wildman–Crippen MR) is 91.6 cm³/mol. The molecule has 24 heavy (non-hydrogen) atoms. The summed E-state index contributed by atoms with van der Waals surface area (Å²) in [5.41, 5.74) is 1.98. The number of benzene rings is 2. The van der Waals surface area contributed by atoms with Gasteiger partial charge < -0.3 is 0 Å². The molecule has 3 aromatic rings. The maximum absolute atomic E-state index is 13.0. The van der Waals surface area contributed by atoms with Crippen molar-refractivity contribution in [1.29, 1.82) is 0 Å². The van der Waals surface area contributed by atoms with Crippen LogP contribution < -0.4 is 0 Å². The Balaban J connectivity index is 1.78. The maximum atomic E-state index is 13.0. The Morgan fingerprint density at radius 2 is 1.21 bits per heavy atom. The molecule has 3 atom stereocenters. The highest BCUT2D eigenvalue weighted by Gasteiger charge is 2.57. The van der Waals surface area contributed by atoms with E-state index in [9.17, 15) is 8.42 Å². The third-order valence-electron chi connectivity index (χ3n) is 4.22. The second-order valence-electron chi connectivity index (χ2n) is 5.71. The molecule has 1 unspecified atom stereocenters. The zero-order chi connectivity index (χ0) is 16.6. The molecule has 5 heteroatoms. The number of pyridine rings is 1. The fourth-order valence-corrected chi connectivity index (χ4v) is 4.76. The fraction of sp³-hybridized carbons (Fsp3) is 0.105. The summed E-state index contributed by atoms with van der Waals surface area (Å²) in [6.07, 6.45) is 1.51. The Morgan fingerprint density at radius 3 is 1.67 bits per heavy atom. The van der Waals surface area contributed by atoms with Crippen molar-refractivity contribution in [3.05, 3.63) is 96.2 Å². The molecule has 0 amide bonds. The average Bonchev–Trinajstić information content (AvgIpc) is 3.41. The third kappa shape index (κ3) is 2.52. The van der Waals surface area contributed by atoms with E-state index in [1.54, 1.807) is 16.4 Å². The first-order valence-electron chi connectivity index (χ1n) is 7.74. The molecule has 0 spiro atoms. The lowest BCUT2D eigenvalue weighted by Crippen LogP contribution is -2.14. The molecule has 0 N–H and O–H groups in total. The van der Waals surface area contributed by atoms with E-state index in [0.717, 1.165) is 11.1 Å². The molecule has 0 radical (unpaired) electrons. The summed E-state index contributed by atoms with van der Waals surface area (Å²) < 4.78 is 27.6. The van der Waals surface area contributed by atoms with Crippen LogP contribution in [0.25, 0.3) is 0 Å². The van der Waals surface area contributed by atoms with Gasteiger partial charge in [0.25, 0.3) is 10.0 Å². The van der Waals surface area contributed by atoms with Crippen molar-refractivity contribution in [1.82, 2.24) is 9.29 Å². The van der Waals surface area contributed by atoms with Crippen LogP contribution in [0.2, 0.25) is 0 Å². The Kier molecular flexibility index (Phi) is 3.67. The average molecular weight is 336 g/mol. The van der Waals surface area contributed by atoms with Crippen LogP contribution in [0.15, 0.2) is 90.1 Å². The van der Waals surface area contributed by atoms with Gasteiger partial charge in [-0.25, -0.2) is 13.4 Å². The lowest BCUT2D eigenvalue weighted by Gasteiger charge is -2.06. The fourth-order valence-electron chi connectivity index (χ4n) is 3.08. The van der Waals surface area contributed by atoms with Crippen LogP contribution >= 0.6 is 0 Å². The van der Waals surface area contributed by atoms with E-state index < -0.39 is 10.0 Å². The number of sulfonamides is 1. The third-order valence-corrected chi connectivity index (χ3v) is 6.00. The molecule has 4 rings (SSSR count). The topological polar surface area (TPSA) is 50.0 Å². The molecule has 1 saturated heterocycles. The Labute approximate surface area is 141 Å². The van der Waals surface area contributed by atoms with Crippen molar-refractivity contribution in [2.75, 3.05) is 0 Å². The number of aromatic nitrogens is 1. The van der Waals surface area contributed by atoms with E-state index >= 15 is 0 Å². The van der Waals surface area contributed by atoms with Gasteiger partial charge in [-0.2, -0.15) is 4.31 Å². The first-order valence-corrected chi connectivity index (χ1v) is 9.18. The molecule has 1 aromatic heterocycles. The zero-order valence-electron chi connectivity index (χ0n) is 12.9. The number of hydrogen-bond acceptors (Lipinski definition) is 3. The summed E-state index contributed by atoms with van der Waals surface area (Å²) in [4.78, 5) is 4.04. The van der Waals surface area contributed by atoms with Gasteiger partial charge in [-0.3, -0.25) is 0 Å². The molecule has 0 bridgehead atoms. The SMILES string of the molecule is O=S(=O)(c1ccccn1)N1[C@H](c2ccccc2)[C@@H]1c1ccccc1. The van der Waals surface area contributed by atoms with Crippen molar-refractivity contribution >= 4 is 10.0 Å². The summed E-state index contributed by atoms with van der Waals surface area (Å²) in [5, 5.41) is 0.0874. The van der Waals surface area contributed by atoms with E-state index in [0.29, 0.717) is 0 Å². The van der Waals surface area contributed by atoms with E-state index in [4.69, 9.17) is 0 Å². The first kappa shape index (κ1) is 15.1. The Bertz CT molecular complexity index is 883. The van der Waals surface area contributed by atoms with Crippen LogP contribution in [0, 0.1) is 0 Å². The summed E-state index contributed by atoms with van der Waals surface area (Å²) in [7, 11) is -3.64. The molecule has 1 fully saturated rings. The summed E-state index contributed by atoms with van der Waals surface area (Å²) in [5.74, 6) is 0. The molecular formula is C19H16N2O2S. The quantitative estimate of drug-likeness (QED) is 0.684. The molecule has 1 aliphatic rings. The van der Waals surface area contributed by atoms with E-state index in [-0.39, 0.29) is 17.1 Å². The first-order chi connectivity index (χ1) is 11.7. The van der Waals surface area contributed by atoms with Gasteiger partial charge in [0.1, 0.15) is 0 Å². The van der Waals surface area contributed by atoms with E-state index in [2.05, 4.69) is 4.98 Å². The molecule has 1 aliphatic heterocycles. The Morgan fingerprint density at radius 1 is 0.708 bits per heavy atom. The van der Waals surface area contributed by atoms with Crippen molar-refractivity contribution < 1.29 is 8.42 Å². The van der Waals surface area contributed by atoms with Crippen molar-refractivity contribution in [2.24, 2.45) is 0 Å². The normalized spacial score (nSPS) is 22.9. The van der Waals surface area contributed by atoms with Crippen LogP contribution in [-0.4, -0.2) is 17.7 Å². The molecule has 0 aliphatic carbocycles. The minimum atomic E-state index is -3.64. The van der Waals surface area contributed by atoms with E-state index in [1.807, 2.05) is 60.7 Å². The van der Waals surface area contributed by atoms with Gasteiger partial charge in [-0.15, -0.1) is 0 Å². The van der Waals surface area contributed by atoms with Crippen LogP contribution in [-0.2, 0) is 10.0 Å². The highest BCUT2D eigenvalue weighted by Crippen LogP contribution is 2.57. The summed E-state index contributed by atoms with van der Waals surface area (Å²) >= 11 is 0. The lowest BCUT2D eigenvalue weighted by atomic mass is 10.0. The molecule has 120 valence electrons. The van der Waals surface area contributed by atoms with Gasteiger partial charge in [-0.1, -0.05) is 66.7 Å². The molecule has 2 heterocycles. The van der Waals surface area contributed by atoms with Crippen molar-refractivity contribution in [3.8, 4) is 0 Å². The molecular weight excluding hydrogens is 320 g/mol. The van der Waals surface area contributed by atoms with Gasteiger partial charge in [-0.05, 0) is 23.3 Å². The monoisotopic (exact) mass is 336 g/mol. The van der Waals surface area contributed by atoms with Gasteiger partial charge in [0, 0.05) is 6.20 Å². The van der Waals surface area contributed by atoms with Crippen LogP contribution in [0.1, 0.15) is 23.2 Å². The highest BCUT2D eigenvalue weighted by atomic mass is 32.2. The zero-order valence-corrected chi connectivity index (χ0v) is 13.7. The molecule has 4 nitrogen and oxygen atoms in total. The minimum Gasteiger partial charge on any atom is -0.243 e. The van der Waals surface area contributed by atoms with Crippen LogP contribution in [0.5, 0.6) is 0 Å². The number of rotatable bonds is 4. The second-order valence-corrected chi connectivity index (χ2v) is 7.50. The highest BCUT2D eigenvalue weighted by molar-refractivity contribution is 7.89. The van der Waals surface area contributed by atoms with Crippen molar-refractivity contribution in [2.45, 2.75) is 17.1 Å². The van der Waals surface area contributed by atoms with Crippen LogP contribution in [0.3, 0.4) is 0 Å². The lowest BCUT2D eigenvalue weighted by molar-refractivity contribution is 0.543.